The Balaban J connectivity index is 2.56. The zero-order valence-electron chi connectivity index (χ0n) is 8.48. The highest BCUT2D eigenvalue weighted by molar-refractivity contribution is 7.12. The molecule has 0 radical (unpaired) electrons. The lowest BCUT2D eigenvalue weighted by atomic mass is 10.3. The highest BCUT2D eigenvalue weighted by atomic mass is 32.1. The van der Waals surface area contributed by atoms with Gasteiger partial charge in [-0.15, -0.1) is 11.3 Å². The van der Waals surface area contributed by atoms with Crippen molar-refractivity contribution in [1.29, 1.82) is 0 Å². The Hall–Kier alpha value is -1.70. The van der Waals surface area contributed by atoms with Gasteiger partial charge in [-0.3, -0.25) is 9.59 Å². The van der Waals surface area contributed by atoms with Gasteiger partial charge in [-0.2, -0.15) is 8.78 Å². The molecule has 1 aromatic rings. The standard InChI is InChI=1S/C9H9F2NO4S/c10-9(11)16-5-2-4-17-7(5)8(15)12-3-1-6(13)14/h2,4,9H,1,3H2,(H,12,15)(H,13,14). The number of nitrogens with one attached hydrogen (secondary N) is 1. The predicted octanol–water partition coefficient (Wildman–Crippen LogP) is 1.55. The first-order valence-corrected chi connectivity index (χ1v) is 5.41. The van der Waals surface area contributed by atoms with Gasteiger partial charge in [-0.1, -0.05) is 0 Å². The molecular weight excluding hydrogens is 256 g/mol. The molecule has 1 heterocycles. The second kappa shape index (κ2) is 6.14. The minimum absolute atomic E-state index is 0.00399. The molecule has 0 unspecified atom stereocenters. The lowest BCUT2D eigenvalue weighted by Gasteiger charge is -2.05. The van der Waals surface area contributed by atoms with Crippen LogP contribution in [-0.2, 0) is 4.79 Å². The zero-order chi connectivity index (χ0) is 12.8. The van der Waals surface area contributed by atoms with Gasteiger partial charge in [0.25, 0.3) is 5.91 Å². The summed E-state index contributed by atoms with van der Waals surface area (Å²) in [5.74, 6) is -1.89. The number of rotatable bonds is 6. The van der Waals surface area contributed by atoms with Gasteiger partial charge in [-0.05, 0) is 11.4 Å². The molecule has 0 aliphatic carbocycles. The number of ether oxygens (including phenoxy) is 1. The highest BCUT2D eigenvalue weighted by Gasteiger charge is 2.17. The van der Waals surface area contributed by atoms with Crippen LogP contribution in [0.15, 0.2) is 11.4 Å². The van der Waals surface area contributed by atoms with E-state index in [-0.39, 0.29) is 23.6 Å². The molecule has 2 N–H and O–H groups in total. The van der Waals surface area contributed by atoms with E-state index in [1.807, 2.05) is 0 Å². The normalized spacial score (nSPS) is 10.3. The number of carbonyl (C=O) groups is 2. The van der Waals surface area contributed by atoms with Crippen molar-refractivity contribution < 1.29 is 28.2 Å². The smallest absolute Gasteiger partial charge is 0.387 e. The first kappa shape index (κ1) is 13.4. The molecule has 94 valence electrons. The number of amides is 1. The first-order valence-electron chi connectivity index (χ1n) is 4.53. The molecule has 1 amide bonds. The monoisotopic (exact) mass is 265 g/mol. The van der Waals surface area contributed by atoms with Crippen molar-refractivity contribution in [2.75, 3.05) is 6.54 Å². The summed E-state index contributed by atoms with van der Waals surface area (Å²) in [4.78, 5) is 21.7. The molecule has 0 saturated carbocycles. The van der Waals surface area contributed by atoms with Crippen LogP contribution in [0.4, 0.5) is 8.78 Å². The van der Waals surface area contributed by atoms with Crippen molar-refractivity contribution in [2.24, 2.45) is 0 Å². The molecule has 17 heavy (non-hydrogen) atoms. The number of carboxylic acids is 1. The topological polar surface area (TPSA) is 75.6 Å². The van der Waals surface area contributed by atoms with Crippen molar-refractivity contribution in [2.45, 2.75) is 13.0 Å². The van der Waals surface area contributed by atoms with Crippen LogP contribution in [0.1, 0.15) is 16.1 Å². The quantitative estimate of drug-likeness (QED) is 0.818. The Morgan fingerprint density at radius 3 is 2.82 bits per heavy atom. The van der Waals surface area contributed by atoms with E-state index in [0.29, 0.717) is 0 Å². The summed E-state index contributed by atoms with van der Waals surface area (Å²) < 4.78 is 28.1. The molecule has 0 saturated heterocycles. The van der Waals surface area contributed by atoms with Crippen LogP contribution in [0.3, 0.4) is 0 Å². The number of aliphatic carboxylic acids is 1. The molecular formula is C9H9F2NO4S. The zero-order valence-corrected chi connectivity index (χ0v) is 9.30. The molecule has 0 spiro atoms. The molecule has 8 heteroatoms. The second-order valence-corrected chi connectivity index (χ2v) is 3.81. The molecule has 0 aromatic carbocycles. The van der Waals surface area contributed by atoms with Crippen LogP contribution < -0.4 is 10.1 Å². The summed E-state index contributed by atoms with van der Waals surface area (Å²) in [5.41, 5.74) is 0. The number of hydrogen-bond donors (Lipinski definition) is 2. The largest absolute Gasteiger partial charge is 0.481 e. The highest BCUT2D eigenvalue weighted by Crippen LogP contribution is 2.26. The van der Waals surface area contributed by atoms with Gasteiger partial charge in [-0.25, -0.2) is 0 Å². The number of carbonyl (C=O) groups excluding carboxylic acids is 1. The fraction of sp³-hybridized carbons (Fsp3) is 0.333. The van der Waals surface area contributed by atoms with Crippen LogP contribution in [0.25, 0.3) is 0 Å². The van der Waals surface area contributed by atoms with Gasteiger partial charge in [0.2, 0.25) is 0 Å². The van der Waals surface area contributed by atoms with Gasteiger partial charge in [0.15, 0.2) is 0 Å². The van der Waals surface area contributed by atoms with Crippen LogP contribution >= 0.6 is 11.3 Å². The van der Waals surface area contributed by atoms with E-state index in [0.717, 1.165) is 11.3 Å². The van der Waals surface area contributed by atoms with E-state index >= 15 is 0 Å². The number of hydrogen-bond acceptors (Lipinski definition) is 4. The Labute approximate surface area is 99.0 Å². The molecule has 0 aliphatic rings. The third-order valence-corrected chi connectivity index (χ3v) is 2.57. The van der Waals surface area contributed by atoms with Crippen LogP contribution in [0.5, 0.6) is 5.75 Å². The molecule has 1 aromatic heterocycles. The van der Waals surface area contributed by atoms with Crippen molar-refractivity contribution in [3.63, 3.8) is 0 Å². The van der Waals surface area contributed by atoms with E-state index in [1.54, 1.807) is 0 Å². The fourth-order valence-corrected chi connectivity index (χ4v) is 1.75. The number of carboxylic acid groups (broad SMARTS) is 1. The van der Waals surface area contributed by atoms with Gasteiger partial charge in [0.1, 0.15) is 10.6 Å². The maximum absolute atomic E-state index is 12.0. The maximum Gasteiger partial charge on any atom is 0.387 e. The Kier molecular flexibility index (Phi) is 4.83. The molecule has 0 bridgehead atoms. The lowest BCUT2D eigenvalue weighted by molar-refractivity contribution is -0.136. The van der Waals surface area contributed by atoms with E-state index in [4.69, 9.17) is 5.11 Å². The first-order chi connectivity index (χ1) is 8.00. The lowest BCUT2D eigenvalue weighted by Crippen LogP contribution is -2.25. The Bertz CT molecular complexity index is 407. The third-order valence-electron chi connectivity index (χ3n) is 1.68. The molecule has 0 atom stereocenters. The van der Waals surface area contributed by atoms with Gasteiger partial charge in [0.05, 0.1) is 6.42 Å². The number of halogens is 2. The van der Waals surface area contributed by atoms with Crippen molar-refractivity contribution in [3.05, 3.63) is 16.3 Å². The Morgan fingerprint density at radius 1 is 1.53 bits per heavy atom. The fourth-order valence-electron chi connectivity index (χ4n) is 1.02. The summed E-state index contributed by atoms with van der Waals surface area (Å²) in [6.07, 6.45) is -0.234. The van der Waals surface area contributed by atoms with Crippen molar-refractivity contribution in [3.8, 4) is 5.75 Å². The van der Waals surface area contributed by atoms with Crippen molar-refractivity contribution >= 4 is 23.2 Å². The van der Waals surface area contributed by atoms with Gasteiger partial charge in [0, 0.05) is 6.54 Å². The van der Waals surface area contributed by atoms with Crippen LogP contribution in [0, 0.1) is 0 Å². The average molecular weight is 265 g/mol. The molecule has 5 nitrogen and oxygen atoms in total. The van der Waals surface area contributed by atoms with Gasteiger partial charge < -0.3 is 15.2 Å². The van der Waals surface area contributed by atoms with E-state index in [2.05, 4.69) is 10.1 Å². The third kappa shape index (κ3) is 4.35. The Morgan fingerprint density at radius 2 is 2.24 bits per heavy atom. The van der Waals surface area contributed by atoms with Crippen LogP contribution in [0.2, 0.25) is 0 Å². The molecule has 0 fully saturated rings. The summed E-state index contributed by atoms with van der Waals surface area (Å²) in [7, 11) is 0. The van der Waals surface area contributed by atoms with E-state index < -0.39 is 18.5 Å². The van der Waals surface area contributed by atoms with Crippen LogP contribution in [-0.4, -0.2) is 30.1 Å². The SMILES string of the molecule is O=C(O)CCNC(=O)c1sccc1OC(F)F. The van der Waals surface area contributed by atoms with E-state index in [1.165, 1.54) is 11.4 Å². The second-order valence-electron chi connectivity index (χ2n) is 2.89. The number of thiophene rings is 1. The average Bonchev–Trinajstić information content (AvgIpc) is 2.64. The van der Waals surface area contributed by atoms with Gasteiger partial charge >= 0.3 is 12.6 Å². The van der Waals surface area contributed by atoms with Crippen molar-refractivity contribution in [1.82, 2.24) is 5.32 Å². The molecule has 0 aliphatic heterocycles. The minimum atomic E-state index is -3.00. The summed E-state index contributed by atoms with van der Waals surface area (Å²) in [6, 6.07) is 1.25. The minimum Gasteiger partial charge on any atom is -0.481 e. The predicted molar refractivity (Wildman–Crippen MR) is 55.5 cm³/mol. The molecule has 1 rings (SSSR count). The number of alkyl halides is 2. The summed E-state index contributed by atoms with van der Waals surface area (Å²) in [6.45, 7) is -3.07. The summed E-state index contributed by atoms with van der Waals surface area (Å²) >= 11 is 0.941. The summed E-state index contributed by atoms with van der Waals surface area (Å²) in [5, 5.41) is 12.1. The van der Waals surface area contributed by atoms with E-state index in [9.17, 15) is 18.4 Å². The maximum atomic E-state index is 12.0.